The molecule has 0 radical (unpaired) electrons. The van der Waals surface area contributed by atoms with Gasteiger partial charge in [-0.3, -0.25) is 14.6 Å². The summed E-state index contributed by atoms with van der Waals surface area (Å²) in [5, 5.41) is 2.86. The van der Waals surface area contributed by atoms with Gasteiger partial charge >= 0.3 is 0 Å². The van der Waals surface area contributed by atoms with Crippen LogP contribution in [-0.2, 0) is 9.59 Å². The van der Waals surface area contributed by atoms with Crippen LogP contribution < -0.4 is 14.8 Å². The standard InChI is InChI=1S/C22H21N3O4/c26-19(23-16-8-9-17-18(12-16)29-14-28-17)13-25-21(27)20(15-6-2-1-3-7-15)24-22(25)10-4-5-11-22/h1-3,6-9,12H,4-5,10-11,13-14H2,(H,23,26). The van der Waals surface area contributed by atoms with Crippen LogP contribution in [0.5, 0.6) is 11.5 Å². The third-order valence-electron chi connectivity index (χ3n) is 5.68. The quantitative estimate of drug-likeness (QED) is 0.869. The highest BCUT2D eigenvalue weighted by atomic mass is 16.7. The minimum Gasteiger partial charge on any atom is -0.454 e. The van der Waals surface area contributed by atoms with Crippen LogP contribution in [0.25, 0.3) is 0 Å². The molecule has 2 aromatic carbocycles. The molecule has 1 spiro atoms. The number of amides is 2. The number of ether oxygens (including phenoxy) is 2. The van der Waals surface area contributed by atoms with E-state index < -0.39 is 5.66 Å². The van der Waals surface area contributed by atoms with E-state index in [2.05, 4.69) is 5.32 Å². The van der Waals surface area contributed by atoms with E-state index in [1.54, 1.807) is 23.1 Å². The Morgan fingerprint density at radius 3 is 2.62 bits per heavy atom. The molecule has 3 aliphatic rings. The van der Waals surface area contributed by atoms with Crippen LogP contribution in [0.4, 0.5) is 5.69 Å². The van der Waals surface area contributed by atoms with Crippen LogP contribution in [-0.4, -0.2) is 41.4 Å². The molecule has 1 N–H and O–H groups in total. The van der Waals surface area contributed by atoms with Gasteiger partial charge in [0.2, 0.25) is 12.7 Å². The van der Waals surface area contributed by atoms with E-state index in [9.17, 15) is 9.59 Å². The zero-order chi connectivity index (χ0) is 19.8. The largest absolute Gasteiger partial charge is 0.454 e. The molecule has 2 amide bonds. The first-order chi connectivity index (χ1) is 14.1. The third-order valence-corrected chi connectivity index (χ3v) is 5.68. The number of carbonyl (C=O) groups is 2. The number of hydrogen-bond acceptors (Lipinski definition) is 5. The highest BCUT2D eigenvalue weighted by molar-refractivity contribution is 6.47. The van der Waals surface area contributed by atoms with Crippen LogP contribution in [0, 0.1) is 0 Å². The first-order valence-electron chi connectivity index (χ1n) is 9.81. The number of rotatable bonds is 4. The van der Waals surface area contributed by atoms with Crippen molar-refractivity contribution in [3.8, 4) is 11.5 Å². The molecule has 0 unspecified atom stereocenters. The first-order valence-corrected chi connectivity index (χ1v) is 9.81. The Bertz CT molecular complexity index is 996. The lowest BCUT2D eigenvalue weighted by atomic mass is 10.1. The summed E-state index contributed by atoms with van der Waals surface area (Å²) in [5.41, 5.74) is 1.25. The van der Waals surface area contributed by atoms with Gasteiger partial charge in [-0.15, -0.1) is 0 Å². The fourth-order valence-electron chi connectivity index (χ4n) is 4.28. The van der Waals surface area contributed by atoms with Crippen molar-refractivity contribution < 1.29 is 19.1 Å². The highest BCUT2D eigenvalue weighted by Crippen LogP contribution is 2.41. The van der Waals surface area contributed by atoms with Gasteiger partial charge in [0, 0.05) is 17.3 Å². The normalized spacial score (nSPS) is 19.0. The fourth-order valence-corrected chi connectivity index (χ4v) is 4.28. The molecule has 29 heavy (non-hydrogen) atoms. The number of nitrogens with one attached hydrogen (secondary N) is 1. The number of benzene rings is 2. The minimum atomic E-state index is -0.603. The summed E-state index contributed by atoms with van der Waals surface area (Å²) in [5.74, 6) is 0.817. The van der Waals surface area contributed by atoms with Gasteiger partial charge in [0.1, 0.15) is 17.9 Å². The zero-order valence-electron chi connectivity index (χ0n) is 15.9. The van der Waals surface area contributed by atoms with Crippen molar-refractivity contribution in [3.05, 3.63) is 54.1 Å². The Kier molecular flexibility index (Phi) is 4.23. The molecule has 0 atom stereocenters. The second-order valence-electron chi connectivity index (χ2n) is 7.52. The summed E-state index contributed by atoms with van der Waals surface area (Å²) < 4.78 is 10.6. The summed E-state index contributed by atoms with van der Waals surface area (Å²) >= 11 is 0. The summed E-state index contributed by atoms with van der Waals surface area (Å²) in [6, 6.07) is 14.7. The average molecular weight is 391 g/mol. The Morgan fingerprint density at radius 2 is 1.83 bits per heavy atom. The SMILES string of the molecule is O=C(CN1C(=O)C(c2ccccc2)=NC12CCCC2)Nc1ccc2c(c1)OCO2. The van der Waals surface area contributed by atoms with E-state index in [0.717, 1.165) is 31.2 Å². The van der Waals surface area contributed by atoms with Crippen molar-refractivity contribution in [2.24, 2.45) is 4.99 Å². The van der Waals surface area contributed by atoms with Crippen LogP contribution in [0.3, 0.4) is 0 Å². The molecule has 1 aliphatic carbocycles. The Morgan fingerprint density at radius 1 is 1.07 bits per heavy atom. The highest BCUT2D eigenvalue weighted by Gasteiger charge is 2.49. The Balaban J connectivity index is 1.36. The molecule has 0 aromatic heterocycles. The van der Waals surface area contributed by atoms with Crippen molar-refractivity contribution in [3.63, 3.8) is 0 Å². The molecule has 0 bridgehead atoms. The molecule has 7 nitrogen and oxygen atoms in total. The van der Waals surface area contributed by atoms with E-state index in [0.29, 0.717) is 22.9 Å². The molecule has 0 saturated heterocycles. The Hall–Kier alpha value is -3.35. The maximum Gasteiger partial charge on any atom is 0.275 e. The van der Waals surface area contributed by atoms with Gasteiger partial charge < -0.3 is 19.7 Å². The molecule has 1 saturated carbocycles. The second-order valence-corrected chi connectivity index (χ2v) is 7.52. The summed E-state index contributed by atoms with van der Waals surface area (Å²) in [6.45, 7) is 0.143. The molecule has 7 heteroatoms. The van der Waals surface area contributed by atoms with Crippen molar-refractivity contribution in [2.75, 3.05) is 18.7 Å². The summed E-state index contributed by atoms with van der Waals surface area (Å²) in [4.78, 5) is 32.4. The third kappa shape index (κ3) is 3.12. The van der Waals surface area contributed by atoms with Gasteiger partial charge in [0.05, 0.1) is 0 Å². The van der Waals surface area contributed by atoms with Crippen LogP contribution in [0.2, 0.25) is 0 Å². The van der Waals surface area contributed by atoms with E-state index in [1.807, 2.05) is 30.3 Å². The Labute approximate surface area is 168 Å². The van der Waals surface area contributed by atoms with Gasteiger partial charge in [-0.25, -0.2) is 0 Å². The smallest absolute Gasteiger partial charge is 0.275 e. The number of aliphatic imine (C=N–C) groups is 1. The number of hydrogen-bond donors (Lipinski definition) is 1. The lowest BCUT2D eigenvalue weighted by molar-refractivity contribution is -0.132. The van der Waals surface area contributed by atoms with Crippen LogP contribution >= 0.6 is 0 Å². The van der Waals surface area contributed by atoms with Gasteiger partial charge in [-0.2, -0.15) is 0 Å². The molecule has 5 rings (SSSR count). The van der Waals surface area contributed by atoms with Gasteiger partial charge in [-0.1, -0.05) is 30.3 Å². The predicted octanol–water partition coefficient (Wildman–Crippen LogP) is 2.96. The molecular formula is C22H21N3O4. The van der Waals surface area contributed by atoms with Crippen LogP contribution in [0.15, 0.2) is 53.5 Å². The molecule has 148 valence electrons. The topological polar surface area (TPSA) is 80.2 Å². The summed E-state index contributed by atoms with van der Waals surface area (Å²) in [7, 11) is 0. The number of anilines is 1. The number of nitrogens with zero attached hydrogens (tertiary/aromatic N) is 2. The second kappa shape index (κ2) is 6.92. The number of carbonyl (C=O) groups excluding carboxylic acids is 2. The van der Waals surface area contributed by atoms with E-state index in [-0.39, 0.29) is 25.2 Å². The van der Waals surface area contributed by atoms with Crippen molar-refractivity contribution in [1.29, 1.82) is 0 Å². The average Bonchev–Trinajstić information content (AvgIpc) is 3.45. The van der Waals surface area contributed by atoms with Gasteiger partial charge in [0.25, 0.3) is 5.91 Å². The van der Waals surface area contributed by atoms with Crippen molar-refractivity contribution in [2.45, 2.75) is 31.3 Å². The van der Waals surface area contributed by atoms with E-state index in [1.165, 1.54) is 0 Å². The molecule has 2 aromatic rings. The molecular weight excluding hydrogens is 370 g/mol. The van der Waals surface area contributed by atoms with Crippen molar-refractivity contribution in [1.82, 2.24) is 4.90 Å². The van der Waals surface area contributed by atoms with E-state index >= 15 is 0 Å². The molecule has 2 aliphatic heterocycles. The monoisotopic (exact) mass is 391 g/mol. The molecule has 2 heterocycles. The number of fused-ring (bicyclic) bond motifs is 1. The summed E-state index contributed by atoms with van der Waals surface area (Å²) in [6.07, 6.45) is 3.57. The van der Waals surface area contributed by atoms with Crippen molar-refractivity contribution >= 4 is 23.2 Å². The van der Waals surface area contributed by atoms with Crippen LogP contribution in [0.1, 0.15) is 31.2 Å². The van der Waals surface area contributed by atoms with Gasteiger partial charge in [0.15, 0.2) is 11.5 Å². The lowest BCUT2D eigenvalue weighted by Crippen LogP contribution is -2.48. The maximum absolute atomic E-state index is 13.2. The minimum absolute atomic E-state index is 0.0346. The zero-order valence-corrected chi connectivity index (χ0v) is 15.9. The van der Waals surface area contributed by atoms with Gasteiger partial charge in [-0.05, 0) is 37.8 Å². The van der Waals surface area contributed by atoms with E-state index in [4.69, 9.17) is 14.5 Å². The maximum atomic E-state index is 13.2. The first kappa shape index (κ1) is 17.7. The fraction of sp³-hybridized carbons (Fsp3) is 0.318. The molecule has 1 fully saturated rings. The predicted molar refractivity (Wildman–Crippen MR) is 107 cm³/mol. The lowest BCUT2D eigenvalue weighted by Gasteiger charge is -2.32.